The Hall–Kier alpha value is -3.80. The van der Waals surface area contributed by atoms with E-state index in [1.807, 2.05) is 78.9 Å². The van der Waals surface area contributed by atoms with E-state index in [0.29, 0.717) is 25.3 Å². The fourth-order valence-electron chi connectivity index (χ4n) is 4.05. The lowest BCUT2D eigenvalue weighted by atomic mass is 10.0. The van der Waals surface area contributed by atoms with E-state index in [0.717, 1.165) is 35.3 Å². The molecule has 1 N–H and O–H groups in total. The molecular weight excluding hydrogens is 452 g/mol. The second-order valence-electron chi connectivity index (χ2n) is 8.75. The lowest BCUT2D eigenvalue weighted by Crippen LogP contribution is -2.51. The van der Waals surface area contributed by atoms with Crippen molar-refractivity contribution in [2.45, 2.75) is 45.2 Å². The summed E-state index contributed by atoms with van der Waals surface area (Å²) < 4.78 is 10.6. The molecule has 3 aromatic rings. The minimum absolute atomic E-state index is 0.116. The van der Waals surface area contributed by atoms with Crippen LogP contribution in [0, 0.1) is 0 Å². The quantitative estimate of drug-likeness (QED) is 0.351. The highest BCUT2D eigenvalue weighted by atomic mass is 16.5. The fourth-order valence-corrected chi connectivity index (χ4v) is 4.05. The molecule has 6 heteroatoms. The average molecular weight is 489 g/mol. The van der Waals surface area contributed by atoms with Crippen LogP contribution < -0.4 is 14.8 Å². The smallest absolute Gasteiger partial charge is 0.243 e. The van der Waals surface area contributed by atoms with Gasteiger partial charge < -0.3 is 19.7 Å². The van der Waals surface area contributed by atoms with Gasteiger partial charge >= 0.3 is 0 Å². The number of amides is 2. The van der Waals surface area contributed by atoms with Crippen molar-refractivity contribution >= 4 is 11.8 Å². The summed E-state index contributed by atoms with van der Waals surface area (Å²) in [4.78, 5) is 28.9. The van der Waals surface area contributed by atoms with Gasteiger partial charge in [0.1, 0.15) is 17.5 Å². The second-order valence-corrected chi connectivity index (χ2v) is 8.75. The lowest BCUT2D eigenvalue weighted by Gasteiger charge is -2.32. The van der Waals surface area contributed by atoms with Crippen LogP contribution in [0.3, 0.4) is 0 Å². The molecule has 3 aromatic carbocycles. The van der Waals surface area contributed by atoms with Crippen molar-refractivity contribution in [3.05, 3.63) is 95.6 Å². The van der Waals surface area contributed by atoms with Crippen molar-refractivity contribution in [1.29, 1.82) is 0 Å². The number of carbonyl (C=O) groups excluding carboxylic acids is 2. The maximum atomic E-state index is 13.8. The number of nitrogens with one attached hydrogen (secondary N) is 1. The van der Waals surface area contributed by atoms with Gasteiger partial charge in [0.05, 0.1) is 20.6 Å². The third kappa shape index (κ3) is 7.87. The molecule has 0 heterocycles. The number of rotatable bonds is 13. The Morgan fingerprint density at radius 3 is 2.19 bits per heavy atom. The van der Waals surface area contributed by atoms with E-state index in [-0.39, 0.29) is 18.2 Å². The maximum Gasteiger partial charge on any atom is 0.243 e. The van der Waals surface area contributed by atoms with Gasteiger partial charge in [-0.1, -0.05) is 67.9 Å². The standard InChI is InChI=1S/C30H36N2O4/c1-4-5-18-31-30(34)28(20-23-10-7-6-8-11-23)32(22-25-12-9-13-27(19-25)36-3)29(33)21-24-14-16-26(35-2)17-15-24/h6-17,19,28H,4-5,18,20-22H2,1-3H3,(H,31,34). The number of carbonyl (C=O) groups is 2. The largest absolute Gasteiger partial charge is 0.497 e. The Labute approximate surface area is 214 Å². The Morgan fingerprint density at radius 2 is 1.53 bits per heavy atom. The predicted octanol–water partition coefficient (Wildman–Crippen LogP) is 4.80. The van der Waals surface area contributed by atoms with Gasteiger partial charge in [0.15, 0.2) is 0 Å². The SMILES string of the molecule is CCCCNC(=O)C(Cc1ccccc1)N(Cc1cccc(OC)c1)C(=O)Cc1ccc(OC)cc1. The summed E-state index contributed by atoms with van der Waals surface area (Å²) in [5, 5.41) is 3.05. The van der Waals surface area contributed by atoms with Crippen molar-refractivity contribution in [3.8, 4) is 11.5 Å². The summed E-state index contributed by atoms with van der Waals surface area (Å²) >= 11 is 0. The van der Waals surface area contributed by atoms with Crippen molar-refractivity contribution in [1.82, 2.24) is 10.2 Å². The van der Waals surface area contributed by atoms with Crippen LogP contribution in [-0.4, -0.2) is 43.5 Å². The van der Waals surface area contributed by atoms with Crippen LogP contribution in [0.2, 0.25) is 0 Å². The first kappa shape index (κ1) is 26.8. The predicted molar refractivity (Wildman–Crippen MR) is 142 cm³/mol. The third-order valence-electron chi connectivity index (χ3n) is 6.10. The van der Waals surface area contributed by atoms with E-state index in [2.05, 4.69) is 12.2 Å². The topological polar surface area (TPSA) is 67.9 Å². The number of unbranched alkanes of at least 4 members (excludes halogenated alkanes) is 1. The first-order chi connectivity index (χ1) is 17.5. The zero-order valence-electron chi connectivity index (χ0n) is 21.4. The van der Waals surface area contributed by atoms with Crippen LogP contribution in [0.25, 0.3) is 0 Å². The van der Waals surface area contributed by atoms with Gasteiger partial charge in [-0.25, -0.2) is 0 Å². The Balaban J connectivity index is 1.94. The van der Waals surface area contributed by atoms with Crippen LogP contribution in [0.4, 0.5) is 0 Å². The van der Waals surface area contributed by atoms with Crippen LogP contribution >= 0.6 is 0 Å². The summed E-state index contributed by atoms with van der Waals surface area (Å²) in [5.74, 6) is 1.19. The van der Waals surface area contributed by atoms with Gasteiger partial charge in [0.25, 0.3) is 0 Å². The van der Waals surface area contributed by atoms with Gasteiger partial charge in [-0.2, -0.15) is 0 Å². The van der Waals surface area contributed by atoms with E-state index in [1.54, 1.807) is 19.1 Å². The van der Waals surface area contributed by atoms with E-state index >= 15 is 0 Å². The monoisotopic (exact) mass is 488 g/mol. The molecule has 0 fully saturated rings. The van der Waals surface area contributed by atoms with Crippen LogP contribution in [-0.2, 0) is 29.0 Å². The van der Waals surface area contributed by atoms with Crippen molar-refractivity contribution in [3.63, 3.8) is 0 Å². The zero-order valence-corrected chi connectivity index (χ0v) is 21.4. The highest BCUT2D eigenvalue weighted by Gasteiger charge is 2.30. The van der Waals surface area contributed by atoms with Gasteiger partial charge in [0, 0.05) is 19.5 Å². The number of hydrogen-bond donors (Lipinski definition) is 1. The van der Waals surface area contributed by atoms with Gasteiger partial charge in [0.2, 0.25) is 11.8 Å². The summed E-state index contributed by atoms with van der Waals surface area (Å²) in [6.45, 7) is 2.96. The molecule has 2 amide bonds. The van der Waals surface area contributed by atoms with Gasteiger partial charge in [-0.3, -0.25) is 9.59 Å². The highest BCUT2D eigenvalue weighted by molar-refractivity contribution is 5.88. The number of methoxy groups -OCH3 is 2. The third-order valence-corrected chi connectivity index (χ3v) is 6.10. The fraction of sp³-hybridized carbons (Fsp3) is 0.333. The van der Waals surface area contributed by atoms with E-state index < -0.39 is 6.04 Å². The van der Waals surface area contributed by atoms with Crippen LogP contribution in [0.15, 0.2) is 78.9 Å². The number of nitrogens with zero attached hydrogens (tertiary/aromatic N) is 1. The number of benzene rings is 3. The Bertz CT molecular complexity index is 1100. The summed E-state index contributed by atoms with van der Waals surface area (Å²) in [5.41, 5.74) is 2.76. The summed E-state index contributed by atoms with van der Waals surface area (Å²) in [6, 6.07) is 24.2. The zero-order chi connectivity index (χ0) is 25.8. The molecule has 1 unspecified atom stereocenters. The van der Waals surface area contributed by atoms with E-state index in [9.17, 15) is 9.59 Å². The normalized spacial score (nSPS) is 11.4. The molecule has 0 aliphatic rings. The molecule has 6 nitrogen and oxygen atoms in total. The van der Waals surface area contributed by atoms with Gasteiger partial charge in [-0.15, -0.1) is 0 Å². The lowest BCUT2D eigenvalue weighted by molar-refractivity contribution is -0.140. The van der Waals surface area contributed by atoms with Crippen molar-refractivity contribution in [2.75, 3.05) is 20.8 Å². The molecule has 0 aliphatic heterocycles. The summed E-state index contributed by atoms with van der Waals surface area (Å²) in [6.07, 6.45) is 2.48. The molecule has 190 valence electrons. The second kappa shape index (κ2) is 13.9. The molecule has 3 rings (SSSR count). The Morgan fingerprint density at radius 1 is 0.833 bits per heavy atom. The Kier molecular flexibility index (Phi) is 10.4. The molecule has 1 atom stereocenters. The minimum Gasteiger partial charge on any atom is -0.497 e. The van der Waals surface area contributed by atoms with Gasteiger partial charge in [-0.05, 0) is 47.4 Å². The highest BCUT2D eigenvalue weighted by Crippen LogP contribution is 2.20. The summed E-state index contributed by atoms with van der Waals surface area (Å²) in [7, 11) is 3.23. The molecule has 0 saturated heterocycles. The van der Waals surface area contributed by atoms with E-state index in [1.165, 1.54) is 0 Å². The molecular formula is C30H36N2O4. The molecule has 36 heavy (non-hydrogen) atoms. The van der Waals surface area contributed by atoms with E-state index in [4.69, 9.17) is 9.47 Å². The molecule has 0 radical (unpaired) electrons. The first-order valence-corrected chi connectivity index (χ1v) is 12.4. The minimum atomic E-state index is -0.652. The maximum absolute atomic E-state index is 13.8. The van der Waals surface area contributed by atoms with Crippen LogP contribution in [0.5, 0.6) is 11.5 Å². The molecule has 0 aromatic heterocycles. The number of hydrogen-bond acceptors (Lipinski definition) is 4. The average Bonchev–Trinajstić information content (AvgIpc) is 2.91. The van der Waals surface area contributed by atoms with Crippen molar-refractivity contribution < 1.29 is 19.1 Å². The number of ether oxygens (including phenoxy) is 2. The molecule has 0 spiro atoms. The molecule has 0 aliphatic carbocycles. The van der Waals surface area contributed by atoms with Crippen molar-refractivity contribution in [2.24, 2.45) is 0 Å². The molecule has 0 bridgehead atoms. The first-order valence-electron chi connectivity index (χ1n) is 12.4. The molecule has 0 saturated carbocycles. The van der Waals surface area contributed by atoms with Crippen LogP contribution in [0.1, 0.15) is 36.5 Å².